The first kappa shape index (κ1) is 9.58. The van der Waals surface area contributed by atoms with Crippen LogP contribution >= 0.6 is 0 Å². The van der Waals surface area contributed by atoms with Gasteiger partial charge in [-0.1, -0.05) is 6.07 Å². The molecule has 0 aliphatic heterocycles. The summed E-state index contributed by atoms with van der Waals surface area (Å²) in [4.78, 5) is 10.8. The second-order valence-corrected chi connectivity index (χ2v) is 2.99. The molecule has 1 aromatic carbocycles. The molecule has 0 atom stereocenters. The Labute approximate surface area is 77.4 Å². The van der Waals surface area contributed by atoms with Crippen molar-refractivity contribution < 1.29 is 9.90 Å². The molecule has 3 nitrogen and oxygen atoms in total. The second-order valence-electron chi connectivity index (χ2n) is 2.99. The summed E-state index contributed by atoms with van der Waals surface area (Å²) in [5.41, 5.74) is 3.11. The Morgan fingerprint density at radius 3 is 2.46 bits per heavy atom. The Morgan fingerprint density at radius 2 is 2.00 bits per heavy atom. The van der Waals surface area contributed by atoms with Crippen LogP contribution in [0.3, 0.4) is 0 Å². The number of nitrogens with one attached hydrogen (secondary N) is 1. The third kappa shape index (κ3) is 1.64. The normalized spacial score (nSPS) is 9.77. The maximum absolute atomic E-state index is 10.8. The maximum atomic E-state index is 10.8. The molecule has 0 aliphatic carbocycles. The number of aryl methyl sites for hydroxylation is 1. The number of carbonyl (C=O) groups is 1. The molecule has 0 spiro atoms. The minimum Gasteiger partial charge on any atom is -0.478 e. The summed E-state index contributed by atoms with van der Waals surface area (Å²) in [7, 11) is 1.73. The van der Waals surface area contributed by atoms with Crippen LogP contribution in [0.2, 0.25) is 0 Å². The van der Waals surface area contributed by atoms with Gasteiger partial charge in [0, 0.05) is 7.05 Å². The van der Waals surface area contributed by atoms with E-state index in [1.807, 2.05) is 19.9 Å². The van der Waals surface area contributed by atoms with Crippen molar-refractivity contribution in [2.45, 2.75) is 13.8 Å². The van der Waals surface area contributed by atoms with E-state index < -0.39 is 5.97 Å². The van der Waals surface area contributed by atoms with Crippen LogP contribution in [0.25, 0.3) is 0 Å². The zero-order valence-corrected chi connectivity index (χ0v) is 8.01. The van der Waals surface area contributed by atoms with Crippen molar-refractivity contribution in [1.29, 1.82) is 0 Å². The predicted octanol–water partition coefficient (Wildman–Crippen LogP) is 2.04. The van der Waals surface area contributed by atoms with Gasteiger partial charge in [0.05, 0.1) is 11.3 Å². The van der Waals surface area contributed by atoms with E-state index in [0.717, 1.165) is 11.1 Å². The van der Waals surface area contributed by atoms with E-state index in [0.29, 0.717) is 11.3 Å². The molecule has 0 bridgehead atoms. The lowest BCUT2D eigenvalue weighted by atomic mass is 10.0. The van der Waals surface area contributed by atoms with E-state index in [1.54, 1.807) is 13.1 Å². The van der Waals surface area contributed by atoms with Gasteiger partial charge < -0.3 is 10.4 Å². The summed E-state index contributed by atoms with van der Waals surface area (Å²) in [6, 6.07) is 3.44. The summed E-state index contributed by atoms with van der Waals surface area (Å²) in [5, 5.41) is 11.8. The maximum Gasteiger partial charge on any atom is 0.337 e. The fraction of sp³-hybridized carbons (Fsp3) is 0.300. The van der Waals surface area contributed by atoms with E-state index in [9.17, 15) is 4.79 Å². The SMILES string of the molecule is CNc1c(C(=O)O)ccc(C)c1C. The van der Waals surface area contributed by atoms with Crippen molar-refractivity contribution in [2.75, 3.05) is 12.4 Å². The Bertz CT molecular complexity index is 345. The Balaban J connectivity index is 3.38. The number of anilines is 1. The van der Waals surface area contributed by atoms with Gasteiger partial charge >= 0.3 is 5.97 Å². The van der Waals surface area contributed by atoms with Crippen LogP contribution in [0.15, 0.2) is 12.1 Å². The minimum atomic E-state index is -0.896. The molecule has 0 aliphatic rings. The fourth-order valence-corrected chi connectivity index (χ4v) is 1.32. The summed E-state index contributed by atoms with van der Waals surface area (Å²) in [6.45, 7) is 3.87. The van der Waals surface area contributed by atoms with Crippen LogP contribution in [0.1, 0.15) is 21.5 Å². The van der Waals surface area contributed by atoms with Gasteiger partial charge in [0.25, 0.3) is 0 Å². The van der Waals surface area contributed by atoms with Gasteiger partial charge in [0.15, 0.2) is 0 Å². The molecule has 70 valence electrons. The first-order valence-electron chi connectivity index (χ1n) is 4.09. The van der Waals surface area contributed by atoms with Crippen LogP contribution in [0, 0.1) is 13.8 Å². The van der Waals surface area contributed by atoms with Gasteiger partial charge in [0.1, 0.15) is 0 Å². The van der Waals surface area contributed by atoms with Crippen molar-refractivity contribution in [3.05, 3.63) is 28.8 Å². The lowest BCUT2D eigenvalue weighted by Gasteiger charge is -2.10. The second kappa shape index (κ2) is 3.47. The molecule has 0 fully saturated rings. The molecular weight excluding hydrogens is 166 g/mol. The molecule has 0 saturated carbocycles. The highest BCUT2D eigenvalue weighted by Gasteiger charge is 2.11. The zero-order chi connectivity index (χ0) is 10.0. The molecule has 2 N–H and O–H groups in total. The van der Waals surface area contributed by atoms with Gasteiger partial charge in [-0.2, -0.15) is 0 Å². The van der Waals surface area contributed by atoms with E-state index in [1.165, 1.54) is 0 Å². The number of rotatable bonds is 2. The van der Waals surface area contributed by atoms with Gasteiger partial charge in [-0.05, 0) is 31.0 Å². The summed E-state index contributed by atoms with van der Waals surface area (Å²) in [5.74, 6) is -0.896. The Kier molecular flexibility index (Phi) is 2.56. The largest absolute Gasteiger partial charge is 0.478 e. The lowest BCUT2D eigenvalue weighted by Crippen LogP contribution is -2.05. The number of hydrogen-bond donors (Lipinski definition) is 2. The van der Waals surface area contributed by atoms with Gasteiger partial charge in [-0.15, -0.1) is 0 Å². The summed E-state index contributed by atoms with van der Waals surface area (Å²) < 4.78 is 0. The molecule has 0 aromatic heterocycles. The standard InChI is InChI=1S/C10H13NO2/c1-6-4-5-8(10(12)13)9(11-3)7(6)2/h4-5,11H,1-3H3,(H,12,13). The van der Waals surface area contributed by atoms with Crippen molar-refractivity contribution in [1.82, 2.24) is 0 Å². The highest BCUT2D eigenvalue weighted by Crippen LogP contribution is 2.23. The van der Waals surface area contributed by atoms with E-state index in [2.05, 4.69) is 5.32 Å². The molecule has 0 saturated heterocycles. The Hall–Kier alpha value is -1.51. The third-order valence-electron chi connectivity index (χ3n) is 2.22. The van der Waals surface area contributed by atoms with Crippen LogP contribution in [0.4, 0.5) is 5.69 Å². The minimum absolute atomic E-state index is 0.325. The van der Waals surface area contributed by atoms with E-state index >= 15 is 0 Å². The molecule has 0 radical (unpaired) electrons. The van der Waals surface area contributed by atoms with Crippen molar-refractivity contribution in [3.63, 3.8) is 0 Å². The molecule has 1 aromatic rings. The number of hydrogen-bond acceptors (Lipinski definition) is 2. The lowest BCUT2D eigenvalue weighted by molar-refractivity contribution is 0.0698. The quantitative estimate of drug-likeness (QED) is 0.730. The van der Waals surface area contributed by atoms with Crippen molar-refractivity contribution in [2.24, 2.45) is 0 Å². The summed E-state index contributed by atoms with van der Waals surface area (Å²) in [6.07, 6.45) is 0. The average Bonchev–Trinajstić information content (AvgIpc) is 2.09. The first-order chi connectivity index (χ1) is 6.07. The van der Waals surface area contributed by atoms with Gasteiger partial charge in [-0.25, -0.2) is 4.79 Å². The third-order valence-corrected chi connectivity index (χ3v) is 2.22. The van der Waals surface area contributed by atoms with Gasteiger partial charge in [-0.3, -0.25) is 0 Å². The molecule has 0 amide bonds. The molecular formula is C10H13NO2. The Morgan fingerprint density at radius 1 is 1.38 bits per heavy atom. The number of benzene rings is 1. The topological polar surface area (TPSA) is 49.3 Å². The molecule has 0 heterocycles. The monoisotopic (exact) mass is 179 g/mol. The van der Waals surface area contributed by atoms with Crippen LogP contribution in [-0.2, 0) is 0 Å². The number of aromatic carboxylic acids is 1. The number of carboxylic acid groups (broad SMARTS) is 1. The van der Waals surface area contributed by atoms with Crippen molar-refractivity contribution >= 4 is 11.7 Å². The van der Waals surface area contributed by atoms with Crippen LogP contribution in [0.5, 0.6) is 0 Å². The highest BCUT2D eigenvalue weighted by molar-refractivity contribution is 5.95. The zero-order valence-electron chi connectivity index (χ0n) is 8.01. The molecule has 1 rings (SSSR count). The van der Waals surface area contributed by atoms with Crippen LogP contribution < -0.4 is 5.32 Å². The first-order valence-corrected chi connectivity index (χ1v) is 4.09. The average molecular weight is 179 g/mol. The highest BCUT2D eigenvalue weighted by atomic mass is 16.4. The van der Waals surface area contributed by atoms with Crippen LogP contribution in [-0.4, -0.2) is 18.1 Å². The molecule has 0 unspecified atom stereocenters. The van der Waals surface area contributed by atoms with E-state index in [-0.39, 0.29) is 0 Å². The molecule has 13 heavy (non-hydrogen) atoms. The number of carboxylic acids is 1. The van der Waals surface area contributed by atoms with Gasteiger partial charge in [0.2, 0.25) is 0 Å². The van der Waals surface area contributed by atoms with Crippen molar-refractivity contribution in [3.8, 4) is 0 Å². The fourth-order valence-electron chi connectivity index (χ4n) is 1.32. The summed E-state index contributed by atoms with van der Waals surface area (Å²) >= 11 is 0. The predicted molar refractivity (Wildman–Crippen MR) is 52.4 cm³/mol. The van der Waals surface area contributed by atoms with E-state index in [4.69, 9.17) is 5.11 Å². The smallest absolute Gasteiger partial charge is 0.337 e. The molecule has 3 heteroatoms.